The van der Waals surface area contributed by atoms with Gasteiger partial charge in [-0.15, -0.1) is 11.8 Å². The van der Waals surface area contributed by atoms with Crippen molar-refractivity contribution in [3.8, 4) is 0 Å². The maximum atomic E-state index is 5.91. The first-order valence-corrected chi connectivity index (χ1v) is 8.45. The summed E-state index contributed by atoms with van der Waals surface area (Å²) in [5.41, 5.74) is 0. The third-order valence-electron chi connectivity index (χ3n) is 4.23. The van der Waals surface area contributed by atoms with Crippen molar-refractivity contribution in [2.24, 2.45) is 0 Å². The van der Waals surface area contributed by atoms with Crippen molar-refractivity contribution >= 4 is 11.8 Å². The lowest BCUT2D eigenvalue weighted by molar-refractivity contribution is -0.0361. The van der Waals surface area contributed by atoms with Gasteiger partial charge < -0.3 is 15.0 Å². The van der Waals surface area contributed by atoms with E-state index >= 15 is 0 Å². The standard InChI is InChI=1S/C13H26N4OS/c1-15-4-6-18-12(8-15)9-17-5-7-19-13(17)10-16-3-2-14-11-16/h12-14H,2-11H2,1H3. The van der Waals surface area contributed by atoms with E-state index in [9.17, 15) is 0 Å². The molecule has 0 amide bonds. The molecule has 2 atom stereocenters. The van der Waals surface area contributed by atoms with Crippen LogP contribution in [0.5, 0.6) is 0 Å². The van der Waals surface area contributed by atoms with E-state index in [0.717, 1.165) is 39.5 Å². The number of thioether (sulfide) groups is 1. The Labute approximate surface area is 120 Å². The van der Waals surface area contributed by atoms with Gasteiger partial charge in [-0.3, -0.25) is 9.80 Å². The first kappa shape index (κ1) is 14.1. The van der Waals surface area contributed by atoms with E-state index in [1.54, 1.807) is 0 Å². The fraction of sp³-hybridized carbons (Fsp3) is 1.00. The molecular formula is C13H26N4OS. The second-order valence-electron chi connectivity index (χ2n) is 5.81. The van der Waals surface area contributed by atoms with Gasteiger partial charge in [-0.05, 0) is 7.05 Å². The summed E-state index contributed by atoms with van der Waals surface area (Å²) in [6.07, 6.45) is 0.400. The summed E-state index contributed by atoms with van der Waals surface area (Å²) < 4.78 is 5.91. The summed E-state index contributed by atoms with van der Waals surface area (Å²) in [5, 5.41) is 4.08. The maximum Gasteiger partial charge on any atom is 0.0829 e. The summed E-state index contributed by atoms with van der Waals surface area (Å²) in [6.45, 7) is 9.98. The fourth-order valence-electron chi connectivity index (χ4n) is 3.10. The zero-order valence-corrected chi connectivity index (χ0v) is 12.7. The minimum atomic E-state index is 0.400. The average molecular weight is 286 g/mol. The van der Waals surface area contributed by atoms with Gasteiger partial charge in [0, 0.05) is 58.2 Å². The van der Waals surface area contributed by atoms with Crippen molar-refractivity contribution in [1.29, 1.82) is 0 Å². The van der Waals surface area contributed by atoms with Crippen LogP contribution >= 0.6 is 11.8 Å². The van der Waals surface area contributed by atoms with Gasteiger partial charge >= 0.3 is 0 Å². The fourth-order valence-corrected chi connectivity index (χ4v) is 4.43. The summed E-state index contributed by atoms with van der Waals surface area (Å²) in [6, 6.07) is 0. The van der Waals surface area contributed by atoms with E-state index in [1.165, 1.54) is 25.4 Å². The summed E-state index contributed by atoms with van der Waals surface area (Å²) in [7, 11) is 2.20. The van der Waals surface area contributed by atoms with E-state index in [0.29, 0.717) is 11.5 Å². The van der Waals surface area contributed by atoms with Crippen LogP contribution in [0.3, 0.4) is 0 Å². The number of nitrogens with one attached hydrogen (secondary N) is 1. The van der Waals surface area contributed by atoms with Crippen LogP contribution in [-0.2, 0) is 4.74 Å². The van der Waals surface area contributed by atoms with Crippen LogP contribution in [-0.4, -0.2) is 98.1 Å². The van der Waals surface area contributed by atoms with E-state index in [1.807, 2.05) is 0 Å². The predicted octanol–water partition coefficient (Wildman–Crippen LogP) is -0.445. The normalized spacial score (nSPS) is 35.2. The van der Waals surface area contributed by atoms with Crippen LogP contribution in [0.1, 0.15) is 0 Å². The lowest BCUT2D eigenvalue weighted by Crippen LogP contribution is -2.48. The van der Waals surface area contributed by atoms with Gasteiger partial charge in [0.15, 0.2) is 0 Å². The molecule has 19 heavy (non-hydrogen) atoms. The highest BCUT2D eigenvalue weighted by Crippen LogP contribution is 2.25. The summed E-state index contributed by atoms with van der Waals surface area (Å²) in [4.78, 5) is 7.55. The van der Waals surface area contributed by atoms with Gasteiger partial charge in [0.2, 0.25) is 0 Å². The Balaban J connectivity index is 1.48. The first-order chi connectivity index (χ1) is 9.31. The molecule has 110 valence electrons. The molecule has 0 spiro atoms. The lowest BCUT2D eigenvalue weighted by Gasteiger charge is -2.35. The molecule has 0 saturated carbocycles. The molecule has 0 bridgehead atoms. The van der Waals surface area contributed by atoms with E-state index in [2.05, 4.69) is 38.8 Å². The zero-order chi connectivity index (χ0) is 13.1. The molecule has 0 aromatic heterocycles. The van der Waals surface area contributed by atoms with E-state index in [-0.39, 0.29) is 0 Å². The van der Waals surface area contributed by atoms with Gasteiger partial charge in [-0.2, -0.15) is 0 Å². The van der Waals surface area contributed by atoms with Crippen LogP contribution in [0.2, 0.25) is 0 Å². The van der Waals surface area contributed by atoms with E-state index < -0.39 is 0 Å². The monoisotopic (exact) mass is 286 g/mol. The number of nitrogens with zero attached hydrogens (tertiary/aromatic N) is 3. The quantitative estimate of drug-likeness (QED) is 0.754. The molecule has 3 fully saturated rings. The molecule has 0 aromatic carbocycles. The largest absolute Gasteiger partial charge is 0.374 e. The Morgan fingerprint density at radius 2 is 2.21 bits per heavy atom. The number of morpholine rings is 1. The highest BCUT2D eigenvalue weighted by molar-refractivity contribution is 8.00. The molecule has 6 heteroatoms. The van der Waals surface area contributed by atoms with Crippen LogP contribution in [0.15, 0.2) is 0 Å². The van der Waals surface area contributed by atoms with Crippen molar-refractivity contribution in [2.45, 2.75) is 11.5 Å². The highest BCUT2D eigenvalue weighted by Gasteiger charge is 2.30. The topological polar surface area (TPSA) is 31.0 Å². The first-order valence-electron chi connectivity index (χ1n) is 7.40. The Hall–Kier alpha value is 0.150. The van der Waals surface area contributed by atoms with Crippen molar-refractivity contribution in [3.05, 3.63) is 0 Å². The van der Waals surface area contributed by atoms with Gasteiger partial charge in [0.1, 0.15) is 0 Å². The molecule has 2 unspecified atom stereocenters. The van der Waals surface area contributed by atoms with Crippen LogP contribution in [0, 0.1) is 0 Å². The Bertz CT molecular complexity index is 288. The molecule has 0 radical (unpaired) electrons. The molecule has 3 heterocycles. The number of hydrogen-bond acceptors (Lipinski definition) is 6. The third-order valence-corrected chi connectivity index (χ3v) is 5.48. The predicted molar refractivity (Wildman–Crippen MR) is 79.5 cm³/mol. The van der Waals surface area contributed by atoms with E-state index in [4.69, 9.17) is 4.74 Å². The minimum Gasteiger partial charge on any atom is -0.374 e. The molecule has 3 saturated heterocycles. The molecular weight excluding hydrogens is 260 g/mol. The molecule has 0 aliphatic carbocycles. The SMILES string of the molecule is CN1CCOC(CN2CCSC2CN2CCNC2)C1. The Kier molecular flexibility index (Phi) is 5.00. The number of likely N-dealkylation sites (N-methyl/N-ethyl adjacent to an activating group) is 1. The lowest BCUT2D eigenvalue weighted by atomic mass is 10.2. The molecule has 0 aromatic rings. The van der Waals surface area contributed by atoms with Crippen molar-refractivity contribution in [1.82, 2.24) is 20.0 Å². The van der Waals surface area contributed by atoms with Crippen molar-refractivity contribution in [2.75, 3.05) is 71.9 Å². The Morgan fingerprint density at radius 1 is 1.26 bits per heavy atom. The smallest absolute Gasteiger partial charge is 0.0829 e. The summed E-state index contributed by atoms with van der Waals surface area (Å²) >= 11 is 2.11. The average Bonchev–Trinajstić information content (AvgIpc) is 3.03. The molecule has 3 rings (SSSR count). The molecule has 1 N–H and O–H groups in total. The number of hydrogen-bond donors (Lipinski definition) is 1. The van der Waals surface area contributed by atoms with Crippen molar-refractivity contribution in [3.63, 3.8) is 0 Å². The molecule has 5 nitrogen and oxygen atoms in total. The van der Waals surface area contributed by atoms with Gasteiger partial charge in [-0.25, -0.2) is 0 Å². The van der Waals surface area contributed by atoms with Crippen LogP contribution in [0.25, 0.3) is 0 Å². The Morgan fingerprint density at radius 3 is 3.00 bits per heavy atom. The van der Waals surface area contributed by atoms with Crippen LogP contribution in [0.4, 0.5) is 0 Å². The number of ether oxygens (including phenoxy) is 1. The second-order valence-corrected chi connectivity index (χ2v) is 7.10. The van der Waals surface area contributed by atoms with Gasteiger partial charge in [0.05, 0.1) is 18.1 Å². The minimum absolute atomic E-state index is 0.400. The zero-order valence-electron chi connectivity index (χ0n) is 11.9. The van der Waals surface area contributed by atoms with Crippen LogP contribution < -0.4 is 5.32 Å². The highest BCUT2D eigenvalue weighted by atomic mass is 32.2. The maximum absolute atomic E-state index is 5.91. The van der Waals surface area contributed by atoms with Gasteiger partial charge in [0.25, 0.3) is 0 Å². The van der Waals surface area contributed by atoms with Gasteiger partial charge in [-0.1, -0.05) is 0 Å². The second kappa shape index (κ2) is 6.74. The number of rotatable bonds is 4. The summed E-state index contributed by atoms with van der Waals surface area (Å²) in [5.74, 6) is 1.27. The van der Waals surface area contributed by atoms with Crippen molar-refractivity contribution < 1.29 is 4.74 Å². The molecule has 3 aliphatic heterocycles. The third kappa shape index (κ3) is 3.83. The molecule has 3 aliphatic rings.